The van der Waals surface area contributed by atoms with Crippen LogP contribution in [-0.2, 0) is 21.1 Å². The molecular formula is C19H22ClNO5S. The van der Waals surface area contributed by atoms with E-state index < -0.39 is 9.84 Å². The lowest BCUT2D eigenvalue weighted by Crippen LogP contribution is -2.27. The van der Waals surface area contributed by atoms with Crippen LogP contribution in [0.3, 0.4) is 0 Å². The number of carbonyl (C=O) groups excluding carboxylic acids is 1. The summed E-state index contributed by atoms with van der Waals surface area (Å²) in [5.74, 6) is 0.692. The molecular weight excluding hydrogens is 390 g/mol. The predicted molar refractivity (Wildman–Crippen MR) is 104 cm³/mol. The van der Waals surface area contributed by atoms with Crippen LogP contribution in [-0.4, -0.2) is 40.8 Å². The Hall–Kier alpha value is -2.25. The smallest absolute Gasteiger partial charge is 0.221 e. The molecule has 2 aromatic carbocycles. The minimum atomic E-state index is -3.52. The Kier molecular flexibility index (Phi) is 7.50. The number of hydrogen-bond donors (Lipinski definition) is 1. The van der Waals surface area contributed by atoms with E-state index in [1.807, 2.05) is 12.1 Å². The van der Waals surface area contributed by atoms with Crippen molar-refractivity contribution in [1.82, 2.24) is 5.32 Å². The molecule has 0 radical (unpaired) electrons. The van der Waals surface area contributed by atoms with Gasteiger partial charge < -0.3 is 14.8 Å². The van der Waals surface area contributed by atoms with Crippen molar-refractivity contribution in [1.29, 1.82) is 0 Å². The summed E-state index contributed by atoms with van der Waals surface area (Å²) in [6.45, 7) is 0.398. The number of halogens is 1. The number of methoxy groups -OCH3 is 2. The van der Waals surface area contributed by atoms with Gasteiger partial charge in [0.25, 0.3) is 0 Å². The third-order valence-corrected chi connectivity index (χ3v) is 5.94. The molecule has 0 unspecified atom stereocenters. The molecule has 2 rings (SSSR count). The molecule has 0 saturated carbocycles. The summed E-state index contributed by atoms with van der Waals surface area (Å²) in [6.07, 6.45) is 0.493. The van der Waals surface area contributed by atoms with Crippen LogP contribution >= 0.6 is 11.6 Å². The highest BCUT2D eigenvalue weighted by Crippen LogP contribution is 2.27. The first-order valence-corrected chi connectivity index (χ1v) is 10.3. The third-order valence-electron chi connectivity index (χ3n) is 3.95. The highest BCUT2D eigenvalue weighted by Gasteiger charge is 2.16. The van der Waals surface area contributed by atoms with Gasteiger partial charge >= 0.3 is 0 Å². The van der Waals surface area contributed by atoms with E-state index >= 15 is 0 Å². The molecule has 6 nitrogen and oxygen atoms in total. The molecule has 0 spiro atoms. The largest absolute Gasteiger partial charge is 0.493 e. The molecule has 0 heterocycles. The van der Waals surface area contributed by atoms with Crippen molar-refractivity contribution in [3.63, 3.8) is 0 Å². The maximum Gasteiger partial charge on any atom is 0.221 e. The van der Waals surface area contributed by atoms with E-state index in [2.05, 4.69) is 5.32 Å². The van der Waals surface area contributed by atoms with Crippen molar-refractivity contribution in [2.45, 2.75) is 17.7 Å². The lowest BCUT2D eigenvalue weighted by atomic mass is 10.1. The Bertz CT molecular complexity index is 881. The zero-order valence-corrected chi connectivity index (χ0v) is 16.8. The van der Waals surface area contributed by atoms with E-state index in [4.69, 9.17) is 21.1 Å². The average molecular weight is 412 g/mol. The molecule has 0 aliphatic heterocycles. The van der Waals surface area contributed by atoms with Gasteiger partial charge in [-0.1, -0.05) is 17.7 Å². The zero-order chi connectivity index (χ0) is 19.9. The van der Waals surface area contributed by atoms with Crippen molar-refractivity contribution < 1.29 is 22.7 Å². The minimum Gasteiger partial charge on any atom is -0.493 e. The number of amides is 1. The summed E-state index contributed by atoms with van der Waals surface area (Å²) in [5, 5.41) is 3.19. The maximum absolute atomic E-state index is 12.2. The Morgan fingerprint density at radius 1 is 1.04 bits per heavy atom. The first-order valence-electron chi connectivity index (χ1n) is 8.31. The van der Waals surface area contributed by atoms with Crippen molar-refractivity contribution in [2.75, 3.05) is 26.5 Å². The predicted octanol–water partition coefficient (Wildman–Crippen LogP) is 2.88. The van der Waals surface area contributed by atoms with E-state index in [0.29, 0.717) is 29.5 Å². The summed E-state index contributed by atoms with van der Waals surface area (Å²) in [5.41, 5.74) is 0.974. The quantitative estimate of drug-likeness (QED) is 0.686. The van der Waals surface area contributed by atoms with Crippen LogP contribution in [0.25, 0.3) is 0 Å². The van der Waals surface area contributed by atoms with Gasteiger partial charge in [0.2, 0.25) is 5.91 Å². The van der Waals surface area contributed by atoms with Crippen molar-refractivity contribution in [2.24, 2.45) is 0 Å². The molecule has 0 aliphatic rings. The molecule has 0 fully saturated rings. The van der Waals surface area contributed by atoms with Crippen LogP contribution in [0.1, 0.15) is 12.0 Å². The number of nitrogens with one attached hydrogen (secondary N) is 1. The van der Waals surface area contributed by atoms with Crippen LogP contribution < -0.4 is 14.8 Å². The van der Waals surface area contributed by atoms with Crippen LogP contribution in [0.2, 0.25) is 5.02 Å². The topological polar surface area (TPSA) is 81.7 Å². The molecule has 0 aliphatic carbocycles. The molecule has 0 aromatic heterocycles. The molecule has 27 heavy (non-hydrogen) atoms. The first kappa shape index (κ1) is 21.1. The highest BCUT2D eigenvalue weighted by molar-refractivity contribution is 7.91. The third kappa shape index (κ3) is 6.15. The summed E-state index contributed by atoms with van der Waals surface area (Å²) in [6, 6.07) is 11.4. The number of carbonyl (C=O) groups is 1. The van der Waals surface area contributed by atoms with Gasteiger partial charge in [-0.25, -0.2) is 8.42 Å². The van der Waals surface area contributed by atoms with Crippen LogP contribution in [0.5, 0.6) is 11.5 Å². The Morgan fingerprint density at radius 2 is 1.70 bits per heavy atom. The van der Waals surface area contributed by atoms with Gasteiger partial charge in [0, 0.05) is 18.0 Å². The van der Waals surface area contributed by atoms with Crippen molar-refractivity contribution in [3.8, 4) is 11.5 Å². The lowest BCUT2D eigenvalue weighted by Gasteiger charge is -2.10. The second-order valence-electron chi connectivity index (χ2n) is 5.81. The fourth-order valence-electron chi connectivity index (χ4n) is 2.46. The van der Waals surface area contributed by atoms with E-state index in [9.17, 15) is 13.2 Å². The van der Waals surface area contributed by atoms with Gasteiger partial charge in [0.05, 0.1) is 24.9 Å². The molecule has 2 aromatic rings. The van der Waals surface area contributed by atoms with Crippen LogP contribution in [0.15, 0.2) is 47.4 Å². The maximum atomic E-state index is 12.2. The second-order valence-corrected chi connectivity index (χ2v) is 8.36. The molecule has 0 bridgehead atoms. The molecule has 146 valence electrons. The summed E-state index contributed by atoms with van der Waals surface area (Å²) < 4.78 is 34.9. The van der Waals surface area contributed by atoms with Gasteiger partial charge in [0.15, 0.2) is 21.3 Å². The lowest BCUT2D eigenvalue weighted by molar-refractivity contribution is -0.120. The monoisotopic (exact) mass is 411 g/mol. The Balaban J connectivity index is 1.82. The number of hydrogen-bond acceptors (Lipinski definition) is 5. The average Bonchev–Trinajstić information content (AvgIpc) is 2.66. The van der Waals surface area contributed by atoms with Gasteiger partial charge in [-0.3, -0.25) is 4.79 Å². The van der Waals surface area contributed by atoms with Gasteiger partial charge in [-0.05, 0) is 48.4 Å². The van der Waals surface area contributed by atoms with Crippen LogP contribution in [0, 0.1) is 0 Å². The van der Waals surface area contributed by atoms with Gasteiger partial charge in [0.1, 0.15) is 0 Å². The first-order chi connectivity index (χ1) is 12.9. The fourth-order valence-corrected chi connectivity index (χ4v) is 3.82. The summed E-state index contributed by atoms with van der Waals surface area (Å²) in [4.78, 5) is 12.1. The fraction of sp³-hybridized carbons (Fsp3) is 0.316. The van der Waals surface area contributed by atoms with Crippen molar-refractivity contribution in [3.05, 3.63) is 53.1 Å². The number of rotatable bonds is 9. The van der Waals surface area contributed by atoms with Gasteiger partial charge in [-0.15, -0.1) is 0 Å². The molecule has 0 saturated heterocycles. The van der Waals surface area contributed by atoms with Gasteiger partial charge in [-0.2, -0.15) is 0 Å². The number of ether oxygens (including phenoxy) is 2. The Morgan fingerprint density at radius 3 is 2.33 bits per heavy atom. The number of sulfone groups is 1. The zero-order valence-electron chi connectivity index (χ0n) is 15.2. The van der Waals surface area contributed by atoms with Crippen LogP contribution in [0.4, 0.5) is 0 Å². The minimum absolute atomic E-state index is 0.100. The molecule has 1 N–H and O–H groups in total. The number of benzene rings is 2. The van der Waals surface area contributed by atoms with Crippen molar-refractivity contribution >= 4 is 27.3 Å². The Labute approximate surface area is 164 Å². The normalized spacial score (nSPS) is 11.1. The van der Waals surface area contributed by atoms with E-state index in [1.54, 1.807) is 20.3 Å². The van der Waals surface area contributed by atoms with E-state index in [1.165, 1.54) is 24.3 Å². The highest BCUT2D eigenvalue weighted by atomic mass is 35.5. The molecule has 8 heteroatoms. The summed E-state index contributed by atoms with van der Waals surface area (Å²) in [7, 11) is -0.391. The van der Waals surface area contributed by atoms with E-state index in [0.717, 1.165) is 5.56 Å². The SMILES string of the molecule is COc1ccc(CCNC(=O)CCS(=O)(=O)c2ccc(Cl)cc2)cc1OC. The van der Waals surface area contributed by atoms with E-state index in [-0.39, 0.29) is 23.0 Å². The molecule has 0 atom stereocenters. The molecule has 1 amide bonds. The standard InChI is InChI=1S/C19H22ClNO5S/c1-25-17-8-3-14(13-18(17)26-2)9-11-21-19(22)10-12-27(23,24)16-6-4-15(20)5-7-16/h3-8,13H,9-12H2,1-2H3,(H,21,22). The second kappa shape index (κ2) is 9.62. The summed E-state index contributed by atoms with van der Waals surface area (Å²) >= 11 is 5.76.